The van der Waals surface area contributed by atoms with Crippen LogP contribution in [0.4, 0.5) is 4.79 Å². The third-order valence-electron chi connectivity index (χ3n) is 7.00. The first kappa shape index (κ1) is 24.7. The van der Waals surface area contributed by atoms with Crippen molar-refractivity contribution in [3.8, 4) is 5.75 Å². The Kier molecular flexibility index (Phi) is 7.03. The van der Waals surface area contributed by atoms with E-state index in [1.807, 2.05) is 26.0 Å². The summed E-state index contributed by atoms with van der Waals surface area (Å²) >= 11 is 3.41. The van der Waals surface area contributed by atoms with Gasteiger partial charge in [0.1, 0.15) is 5.75 Å². The number of allylic oxidation sites excluding steroid dienone is 2. The molecule has 0 saturated carbocycles. The first-order chi connectivity index (χ1) is 16.1. The minimum atomic E-state index is -1.07. The Bertz CT molecular complexity index is 1100. The molecule has 1 aromatic rings. The zero-order chi connectivity index (χ0) is 24.7. The Morgan fingerprint density at radius 2 is 2.06 bits per heavy atom. The Balaban J connectivity index is 1.56. The molecule has 1 aliphatic carbocycles. The number of carbonyl (C=O) groups excluding carboxylic acids is 3. The quantitative estimate of drug-likeness (QED) is 0.344. The van der Waals surface area contributed by atoms with Crippen molar-refractivity contribution in [3.63, 3.8) is 0 Å². The first-order valence-electron chi connectivity index (χ1n) is 11.3. The highest BCUT2D eigenvalue weighted by Crippen LogP contribution is 2.50. The lowest BCUT2D eigenvalue weighted by Crippen LogP contribution is -2.46. The number of phenolic OH excluding ortho intramolecular Hbond substituents is 1. The van der Waals surface area contributed by atoms with Gasteiger partial charge in [0.25, 0.3) is 0 Å². The lowest BCUT2D eigenvalue weighted by atomic mass is 9.59. The molecule has 4 rings (SSSR count). The maximum absolute atomic E-state index is 13.1. The predicted molar refractivity (Wildman–Crippen MR) is 128 cm³/mol. The fourth-order valence-corrected chi connectivity index (χ4v) is 5.91. The van der Waals surface area contributed by atoms with Crippen LogP contribution in [0.3, 0.4) is 0 Å². The molecule has 2 saturated heterocycles. The van der Waals surface area contributed by atoms with Crippen LogP contribution in [0, 0.1) is 17.8 Å². The lowest BCUT2D eigenvalue weighted by molar-refractivity contribution is -0.137. The van der Waals surface area contributed by atoms with E-state index in [2.05, 4.69) is 20.7 Å². The summed E-state index contributed by atoms with van der Waals surface area (Å²) in [7, 11) is 0.0661. The normalized spacial score (nSPS) is 27.1. The van der Waals surface area contributed by atoms with Gasteiger partial charge in [0.2, 0.25) is 11.8 Å². The molecule has 3 aliphatic rings. The first-order valence-corrected chi connectivity index (χ1v) is 12.1. The van der Waals surface area contributed by atoms with Gasteiger partial charge in [-0.2, -0.15) is 4.90 Å². The number of amides is 3. The Labute approximate surface area is 206 Å². The Morgan fingerprint density at radius 3 is 2.76 bits per heavy atom. The number of imide groups is 3. The lowest BCUT2D eigenvalue weighted by Gasteiger charge is -2.42. The van der Waals surface area contributed by atoms with Crippen molar-refractivity contribution < 1.29 is 33.9 Å². The molecule has 8 nitrogen and oxygen atoms in total. The largest absolute Gasteiger partial charge is 0.507 e. The van der Waals surface area contributed by atoms with E-state index in [-0.39, 0.29) is 18.0 Å². The van der Waals surface area contributed by atoms with E-state index in [1.54, 1.807) is 12.1 Å². The molecular formula is C24H27BBrNO7. The van der Waals surface area contributed by atoms with Crippen LogP contribution in [0.5, 0.6) is 5.75 Å². The van der Waals surface area contributed by atoms with Crippen LogP contribution in [-0.4, -0.2) is 53.3 Å². The standard InChI is InChI=1S/C24H27BBrNO7/c1-12(8-14-10-15(26)5-6-18(14)28)4-7-19-20-13(2)9-16-21(17(20)11-25(32)34-19)23(30)27(22(16)29)24(31)33-3/h5-6,8,10,16-17,19,21,28,32H,4,7,9,11H2,1-3H3/b12-8+/t16-,17+,19-,21-/m1/s1. The minimum Gasteiger partial charge on any atom is -0.507 e. The number of fused-ring (bicyclic) bond motifs is 3. The van der Waals surface area contributed by atoms with Gasteiger partial charge >= 0.3 is 13.2 Å². The molecule has 0 unspecified atom stereocenters. The molecule has 34 heavy (non-hydrogen) atoms. The number of halogens is 1. The molecule has 0 bridgehead atoms. The van der Waals surface area contributed by atoms with Gasteiger partial charge in [0, 0.05) is 10.0 Å². The predicted octanol–water partition coefficient (Wildman–Crippen LogP) is 3.92. The number of phenols is 1. The van der Waals surface area contributed by atoms with Crippen molar-refractivity contribution >= 4 is 47.0 Å². The van der Waals surface area contributed by atoms with Gasteiger partial charge in [-0.25, -0.2) is 4.79 Å². The number of aromatic hydroxyl groups is 1. The topological polar surface area (TPSA) is 113 Å². The summed E-state index contributed by atoms with van der Waals surface area (Å²) in [5, 5.41) is 20.6. The molecule has 3 amide bonds. The SMILES string of the molecule is COC(=O)N1C(=O)[C@@H]2[C@@H](CC(C)=C3[C@@H](CC/C(C)=C/c4cc(Br)ccc4O)OB(O)C[C@@H]32)C1=O. The number of hydrogen-bond donors (Lipinski definition) is 2. The fraction of sp³-hybridized carbons (Fsp3) is 0.458. The van der Waals surface area contributed by atoms with E-state index in [1.165, 1.54) is 0 Å². The van der Waals surface area contributed by atoms with E-state index in [0.29, 0.717) is 29.7 Å². The fourth-order valence-electron chi connectivity index (χ4n) is 5.53. The molecule has 0 radical (unpaired) electrons. The van der Waals surface area contributed by atoms with Gasteiger partial charge in [0.05, 0.1) is 25.0 Å². The highest BCUT2D eigenvalue weighted by atomic mass is 79.9. The van der Waals surface area contributed by atoms with E-state index in [0.717, 1.165) is 28.3 Å². The molecule has 4 atom stereocenters. The number of benzene rings is 1. The van der Waals surface area contributed by atoms with Crippen LogP contribution in [0.15, 0.2) is 39.4 Å². The summed E-state index contributed by atoms with van der Waals surface area (Å²) < 4.78 is 11.4. The van der Waals surface area contributed by atoms with Crippen molar-refractivity contribution in [2.24, 2.45) is 17.8 Å². The van der Waals surface area contributed by atoms with Crippen molar-refractivity contribution in [1.29, 1.82) is 0 Å². The highest BCUT2D eigenvalue weighted by molar-refractivity contribution is 9.10. The summed E-state index contributed by atoms with van der Waals surface area (Å²) in [5.74, 6) is -2.63. The average molecular weight is 532 g/mol. The highest BCUT2D eigenvalue weighted by Gasteiger charge is 2.58. The summed E-state index contributed by atoms with van der Waals surface area (Å²) in [6.45, 7) is 3.88. The van der Waals surface area contributed by atoms with E-state index in [4.69, 9.17) is 4.65 Å². The molecule has 0 spiro atoms. The molecule has 1 aromatic carbocycles. The number of nitrogens with zero attached hydrogens (tertiary/aromatic N) is 1. The van der Waals surface area contributed by atoms with Gasteiger partial charge in [-0.3, -0.25) is 9.59 Å². The van der Waals surface area contributed by atoms with Crippen LogP contribution in [0.25, 0.3) is 6.08 Å². The molecule has 0 aromatic heterocycles. The number of carbonyl (C=O) groups is 3. The second kappa shape index (κ2) is 9.68. The summed E-state index contributed by atoms with van der Waals surface area (Å²) in [4.78, 5) is 38.6. The third kappa shape index (κ3) is 4.46. The zero-order valence-electron chi connectivity index (χ0n) is 19.3. The van der Waals surface area contributed by atoms with Gasteiger partial charge in [-0.1, -0.05) is 33.2 Å². The number of hydrogen-bond acceptors (Lipinski definition) is 7. The second-order valence-corrected chi connectivity index (χ2v) is 10.1. The minimum absolute atomic E-state index is 0.184. The van der Waals surface area contributed by atoms with E-state index >= 15 is 0 Å². The molecule has 10 heteroatoms. The van der Waals surface area contributed by atoms with Crippen LogP contribution < -0.4 is 0 Å². The van der Waals surface area contributed by atoms with Gasteiger partial charge in [-0.05, 0) is 69.1 Å². The molecule has 2 N–H and O–H groups in total. The number of likely N-dealkylation sites (tertiary alicyclic amines) is 1. The van der Waals surface area contributed by atoms with Crippen LogP contribution in [0.1, 0.15) is 38.7 Å². The molecule has 2 heterocycles. The molecular weight excluding hydrogens is 505 g/mol. The van der Waals surface area contributed by atoms with Crippen molar-refractivity contribution in [3.05, 3.63) is 45.0 Å². The molecule has 2 fully saturated rings. The number of ether oxygens (including phenoxy) is 1. The second-order valence-electron chi connectivity index (χ2n) is 9.21. The van der Waals surface area contributed by atoms with Gasteiger partial charge in [0.15, 0.2) is 0 Å². The van der Waals surface area contributed by atoms with Crippen molar-refractivity contribution in [2.45, 2.75) is 45.5 Å². The maximum Gasteiger partial charge on any atom is 0.455 e. The number of methoxy groups -OCH3 is 1. The van der Waals surface area contributed by atoms with Crippen LogP contribution in [-0.2, 0) is 19.0 Å². The Morgan fingerprint density at radius 1 is 1.32 bits per heavy atom. The summed E-state index contributed by atoms with van der Waals surface area (Å²) in [5.41, 5.74) is 3.62. The van der Waals surface area contributed by atoms with E-state index < -0.39 is 43.0 Å². The average Bonchev–Trinajstić information content (AvgIpc) is 3.03. The maximum atomic E-state index is 13.1. The number of rotatable bonds is 4. The van der Waals surface area contributed by atoms with Gasteiger partial charge < -0.3 is 19.5 Å². The monoisotopic (exact) mass is 531 g/mol. The van der Waals surface area contributed by atoms with E-state index in [9.17, 15) is 24.5 Å². The molecule has 180 valence electrons. The summed E-state index contributed by atoms with van der Waals surface area (Å²) in [6, 6.07) is 5.22. The van der Waals surface area contributed by atoms with Gasteiger partial charge in [-0.15, -0.1) is 0 Å². The van der Waals surface area contributed by atoms with Crippen LogP contribution in [0.2, 0.25) is 6.32 Å². The zero-order valence-corrected chi connectivity index (χ0v) is 20.9. The molecule has 2 aliphatic heterocycles. The smallest absolute Gasteiger partial charge is 0.455 e. The van der Waals surface area contributed by atoms with Crippen molar-refractivity contribution in [1.82, 2.24) is 4.90 Å². The van der Waals surface area contributed by atoms with Crippen molar-refractivity contribution in [2.75, 3.05) is 7.11 Å². The summed E-state index contributed by atoms with van der Waals surface area (Å²) in [6.07, 6.45) is 2.29. The van der Waals surface area contributed by atoms with Crippen LogP contribution >= 0.6 is 15.9 Å². The Hall–Kier alpha value is -2.43. The third-order valence-corrected chi connectivity index (χ3v) is 7.50.